The van der Waals surface area contributed by atoms with Gasteiger partial charge in [-0.05, 0) is 26.4 Å². The van der Waals surface area contributed by atoms with Gasteiger partial charge >= 0.3 is 0 Å². The summed E-state index contributed by atoms with van der Waals surface area (Å²) in [6, 6.07) is 0.588. The van der Waals surface area contributed by atoms with E-state index in [0.29, 0.717) is 32.5 Å². The van der Waals surface area contributed by atoms with Crippen LogP contribution in [0.5, 0.6) is 0 Å². The zero-order valence-electron chi connectivity index (χ0n) is 11.8. The normalized spacial score (nSPS) is 22.0. The molecule has 1 heterocycles. The number of hydrogen-bond donors (Lipinski definition) is 1. The SMILES string of the molecule is COCCOCCOCCN1CCCNC(C)C1. The van der Waals surface area contributed by atoms with Crippen LogP contribution in [-0.2, 0) is 14.2 Å². The maximum Gasteiger partial charge on any atom is 0.0701 e. The van der Waals surface area contributed by atoms with E-state index < -0.39 is 0 Å². The molecule has 0 spiro atoms. The first-order chi connectivity index (χ1) is 8.83. The van der Waals surface area contributed by atoms with Crippen molar-refractivity contribution in [3.63, 3.8) is 0 Å². The van der Waals surface area contributed by atoms with E-state index >= 15 is 0 Å². The average molecular weight is 260 g/mol. The lowest BCUT2D eigenvalue weighted by molar-refractivity contribution is 0.0195. The van der Waals surface area contributed by atoms with Gasteiger partial charge in [-0.25, -0.2) is 0 Å². The standard InChI is InChI=1S/C13H28N2O3/c1-13-12-15(5-3-4-14-13)6-7-17-10-11-18-9-8-16-2/h13-14H,3-12H2,1-2H3. The van der Waals surface area contributed by atoms with Gasteiger partial charge in [0.05, 0.1) is 33.0 Å². The van der Waals surface area contributed by atoms with Crippen molar-refractivity contribution in [2.75, 3.05) is 66.3 Å². The number of nitrogens with one attached hydrogen (secondary N) is 1. The van der Waals surface area contributed by atoms with Crippen molar-refractivity contribution in [1.82, 2.24) is 10.2 Å². The van der Waals surface area contributed by atoms with E-state index in [1.54, 1.807) is 7.11 Å². The molecule has 5 nitrogen and oxygen atoms in total. The molecular weight excluding hydrogens is 232 g/mol. The lowest BCUT2D eigenvalue weighted by Crippen LogP contribution is -2.37. The fourth-order valence-corrected chi connectivity index (χ4v) is 2.06. The lowest BCUT2D eigenvalue weighted by atomic mass is 10.3. The Bertz CT molecular complexity index is 193. The van der Waals surface area contributed by atoms with E-state index in [1.807, 2.05) is 0 Å². The molecule has 0 aromatic carbocycles. The second-order valence-electron chi connectivity index (χ2n) is 4.73. The average Bonchev–Trinajstić information content (AvgIpc) is 2.57. The number of methoxy groups -OCH3 is 1. The molecule has 1 fully saturated rings. The van der Waals surface area contributed by atoms with Crippen molar-refractivity contribution in [3.8, 4) is 0 Å². The van der Waals surface area contributed by atoms with Gasteiger partial charge in [0.15, 0.2) is 0 Å². The smallest absolute Gasteiger partial charge is 0.0701 e. The molecule has 0 aromatic rings. The lowest BCUT2D eigenvalue weighted by Gasteiger charge is -2.21. The monoisotopic (exact) mass is 260 g/mol. The van der Waals surface area contributed by atoms with Crippen LogP contribution >= 0.6 is 0 Å². The van der Waals surface area contributed by atoms with Gasteiger partial charge in [0, 0.05) is 26.2 Å². The Hall–Kier alpha value is -0.200. The van der Waals surface area contributed by atoms with Crippen LogP contribution in [0.1, 0.15) is 13.3 Å². The molecule has 1 N–H and O–H groups in total. The van der Waals surface area contributed by atoms with Crippen LogP contribution in [0, 0.1) is 0 Å². The van der Waals surface area contributed by atoms with E-state index in [0.717, 1.165) is 26.2 Å². The molecule has 1 atom stereocenters. The molecule has 1 unspecified atom stereocenters. The molecule has 1 saturated heterocycles. The highest BCUT2D eigenvalue weighted by molar-refractivity contribution is 4.72. The zero-order chi connectivity index (χ0) is 13.1. The molecule has 1 aliphatic rings. The predicted molar refractivity (Wildman–Crippen MR) is 72.0 cm³/mol. The highest BCUT2D eigenvalue weighted by Crippen LogP contribution is 1.99. The van der Waals surface area contributed by atoms with Crippen LogP contribution < -0.4 is 5.32 Å². The molecule has 0 aliphatic carbocycles. The minimum atomic E-state index is 0.588. The van der Waals surface area contributed by atoms with Gasteiger partial charge in [-0.3, -0.25) is 4.90 Å². The summed E-state index contributed by atoms with van der Waals surface area (Å²) >= 11 is 0. The summed E-state index contributed by atoms with van der Waals surface area (Å²) in [6.45, 7) is 10.1. The van der Waals surface area contributed by atoms with Gasteiger partial charge in [0.25, 0.3) is 0 Å². The first-order valence-electron chi connectivity index (χ1n) is 6.93. The maximum atomic E-state index is 5.56. The molecule has 18 heavy (non-hydrogen) atoms. The summed E-state index contributed by atoms with van der Waals surface area (Å²) in [5.74, 6) is 0. The van der Waals surface area contributed by atoms with Crippen LogP contribution in [0.3, 0.4) is 0 Å². The van der Waals surface area contributed by atoms with Gasteiger partial charge < -0.3 is 19.5 Å². The Labute approximate surface area is 111 Å². The molecule has 0 radical (unpaired) electrons. The highest BCUT2D eigenvalue weighted by Gasteiger charge is 2.13. The van der Waals surface area contributed by atoms with Crippen molar-refractivity contribution in [2.45, 2.75) is 19.4 Å². The Morgan fingerprint density at radius 3 is 2.61 bits per heavy atom. The Morgan fingerprint density at radius 2 is 1.83 bits per heavy atom. The van der Waals surface area contributed by atoms with E-state index in [4.69, 9.17) is 14.2 Å². The van der Waals surface area contributed by atoms with Crippen molar-refractivity contribution >= 4 is 0 Å². The molecule has 108 valence electrons. The van der Waals surface area contributed by atoms with Crippen LogP contribution in [0.15, 0.2) is 0 Å². The molecular formula is C13H28N2O3. The molecule has 1 aliphatic heterocycles. The van der Waals surface area contributed by atoms with Crippen molar-refractivity contribution < 1.29 is 14.2 Å². The minimum Gasteiger partial charge on any atom is -0.382 e. The second kappa shape index (κ2) is 10.7. The summed E-state index contributed by atoms with van der Waals surface area (Å²) in [6.07, 6.45) is 1.23. The first-order valence-corrected chi connectivity index (χ1v) is 6.93. The van der Waals surface area contributed by atoms with Gasteiger partial charge in [0.2, 0.25) is 0 Å². The number of nitrogens with zero attached hydrogens (tertiary/aromatic N) is 1. The third kappa shape index (κ3) is 8.00. The third-order valence-corrected chi connectivity index (χ3v) is 3.03. The summed E-state index contributed by atoms with van der Waals surface area (Å²) in [4.78, 5) is 2.47. The molecule has 0 saturated carbocycles. The second-order valence-corrected chi connectivity index (χ2v) is 4.73. The zero-order valence-corrected chi connectivity index (χ0v) is 11.8. The van der Waals surface area contributed by atoms with Crippen molar-refractivity contribution in [1.29, 1.82) is 0 Å². The molecule has 0 aromatic heterocycles. The van der Waals surface area contributed by atoms with Gasteiger partial charge in [-0.15, -0.1) is 0 Å². The Balaban J connectivity index is 1.90. The maximum absolute atomic E-state index is 5.56. The minimum absolute atomic E-state index is 0.588. The summed E-state index contributed by atoms with van der Waals surface area (Å²) in [5.41, 5.74) is 0. The van der Waals surface area contributed by atoms with Crippen LogP contribution in [0.25, 0.3) is 0 Å². The quantitative estimate of drug-likeness (QED) is 0.606. The van der Waals surface area contributed by atoms with Crippen LogP contribution in [0.4, 0.5) is 0 Å². The largest absolute Gasteiger partial charge is 0.382 e. The van der Waals surface area contributed by atoms with E-state index in [9.17, 15) is 0 Å². The third-order valence-electron chi connectivity index (χ3n) is 3.03. The summed E-state index contributed by atoms with van der Waals surface area (Å²) in [7, 11) is 1.68. The van der Waals surface area contributed by atoms with E-state index in [2.05, 4.69) is 17.1 Å². The van der Waals surface area contributed by atoms with Crippen molar-refractivity contribution in [3.05, 3.63) is 0 Å². The summed E-state index contributed by atoms with van der Waals surface area (Å²) in [5, 5.41) is 3.49. The first kappa shape index (κ1) is 15.9. The molecule has 5 heteroatoms. The molecule has 0 amide bonds. The van der Waals surface area contributed by atoms with Gasteiger partial charge in [-0.2, -0.15) is 0 Å². The van der Waals surface area contributed by atoms with Crippen molar-refractivity contribution in [2.24, 2.45) is 0 Å². The number of rotatable bonds is 9. The summed E-state index contributed by atoms with van der Waals surface area (Å²) < 4.78 is 15.8. The number of ether oxygens (including phenoxy) is 3. The topological polar surface area (TPSA) is 43.0 Å². The Morgan fingerprint density at radius 1 is 1.11 bits per heavy atom. The Kier molecular flexibility index (Phi) is 9.42. The highest BCUT2D eigenvalue weighted by atomic mass is 16.5. The van der Waals surface area contributed by atoms with Crippen LogP contribution in [0.2, 0.25) is 0 Å². The number of hydrogen-bond acceptors (Lipinski definition) is 5. The fourth-order valence-electron chi connectivity index (χ4n) is 2.06. The van der Waals surface area contributed by atoms with Gasteiger partial charge in [0.1, 0.15) is 0 Å². The molecule has 0 bridgehead atoms. The van der Waals surface area contributed by atoms with E-state index in [-0.39, 0.29) is 0 Å². The van der Waals surface area contributed by atoms with Gasteiger partial charge in [-0.1, -0.05) is 0 Å². The fraction of sp³-hybridized carbons (Fsp3) is 1.00. The molecule has 1 rings (SSSR count). The van der Waals surface area contributed by atoms with Crippen LogP contribution in [-0.4, -0.2) is 77.3 Å². The predicted octanol–water partition coefficient (Wildman–Crippen LogP) is 0.350. The van der Waals surface area contributed by atoms with E-state index in [1.165, 1.54) is 13.0 Å².